The molecule has 3 aliphatic rings. The van der Waals surface area contributed by atoms with Gasteiger partial charge in [0.25, 0.3) is 0 Å². The van der Waals surface area contributed by atoms with Crippen LogP contribution in [-0.2, 0) is 11.3 Å². The lowest BCUT2D eigenvalue weighted by Gasteiger charge is -2.63. The molecule has 5 rings (SSSR count). The average Bonchev–Trinajstić information content (AvgIpc) is 2.74. The van der Waals surface area contributed by atoms with Crippen molar-refractivity contribution in [2.75, 3.05) is 51.3 Å². The van der Waals surface area contributed by atoms with Crippen LogP contribution in [0.1, 0.15) is 5.56 Å². The van der Waals surface area contributed by atoms with Crippen LogP contribution in [0, 0.1) is 5.82 Å². The van der Waals surface area contributed by atoms with Crippen LogP contribution in [0.4, 0.5) is 14.9 Å². The third-order valence-corrected chi connectivity index (χ3v) is 6.45. The fourth-order valence-electron chi connectivity index (χ4n) is 5.12. The van der Waals surface area contributed by atoms with E-state index < -0.39 is 0 Å². The number of halogens is 1. The van der Waals surface area contributed by atoms with Crippen molar-refractivity contribution in [2.24, 2.45) is 0 Å². The molecule has 3 aliphatic heterocycles. The molecule has 30 heavy (non-hydrogen) atoms. The second-order valence-electron chi connectivity index (χ2n) is 8.56. The molecule has 0 aliphatic carbocycles. The minimum atomic E-state index is -0.157. The Morgan fingerprint density at radius 2 is 1.87 bits per heavy atom. The normalized spacial score (nSPS) is 23.6. The maximum absolute atomic E-state index is 14.1. The Morgan fingerprint density at radius 3 is 2.67 bits per heavy atom. The number of hydrogen-bond acceptors (Lipinski definition) is 4. The van der Waals surface area contributed by atoms with Gasteiger partial charge in [-0.15, -0.1) is 0 Å². The predicted octanol–water partition coefficient (Wildman–Crippen LogP) is 2.63. The number of nitrogens with one attached hydrogen (secondary N) is 1. The van der Waals surface area contributed by atoms with E-state index in [0.29, 0.717) is 26.2 Å². The first-order chi connectivity index (χ1) is 14.6. The number of morpholine rings is 1. The molecule has 1 spiro atoms. The number of rotatable bonds is 3. The zero-order valence-electron chi connectivity index (χ0n) is 17.0. The van der Waals surface area contributed by atoms with Gasteiger partial charge in [-0.25, -0.2) is 9.18 Å². The average molecular weight is 410 g/mol. The standard InChI is InChI=1S/C23H27FN4O2/c24-21-9-5-4-6-18(21)12-26-15-23(16-26)17-27(13-20-14-30-11-10-28(20)23)22(29)25-19-7-2-1-3-8-19/h1-9,20H,10-17H2,(H,25,29). The van der Waals surface area contributed by atoms with Gasteiger partial charge in [-0.1, -0.05) is 36.4 Å². The molecule has 1 unspecified atom stereocenters. The molecule has 1 N–H and O–H groups in total. The summed E-state index contributed by atoms with van der Waals surface area (Å²) in [6.45, 7) is 5.83. The van der Waals surface area contributed by atoms with Crippen LogP contribution in [0.25, 0.3) is 0 Å². The summed E-state index contributed by atoms with van der Waals surface area (Å²) in [6.07, 6.45) is 0. The van der Waals surface area contributed by atoms with Crippen LogP contribution in [-0.4, -0.2) is 78.2 Å². The smallest absolute Gasteiger partial charge is 0.321 e. The number of ether oxygens (including phenoxy) is 1. The van der Waals surface area contributed by atoms with Gasteiger partial charge in [0.15, 0.2) is 0 Å². The lowest BCUT2D eigenvalue weighted by atomic mass is 9.82. The Balaban J connectivity index is 1.29. The number of nitrogens with zero attached hydrogens (tertiary/aromatic N) is 3. The van der Waals surface area contributed by atoms with Gasteiger partial charge >= 0.3 is 6.03 Å². The first-order valence-corrected chi connectivity index (χ1v) is 10.5. The van der Waals surface area contributed by atoms with Crippen LogP contribution in [0.5, 0.6) is 0 Å². The lowest BCUT2D eigenvalue weighted by Crippen LogP contribution is -2.80. The summed E-state index contributed by atoms with van der Waals surface area (Å²) in [6, 6.07) is 16.6. The van der Waals surface area contributed by atoms with E-state index in [1.165, 1.54) is 6.07 Å². The van der Waals surface area contributed by atoms with Gasteiger partial charge in [0, 0.05) is 50.5 Å². The summed E-state index contributed by atoms with van der Waals surface area (Å²) in [5.41, 5.74) is 1.43. The molecule has 1 atom stereocenters. The molecule has 6 nitrogen and oxygen atoms in total. The van der Waals surface area contributed by atoms with Gasteiger partial charge in [0.1, 0.15) is 5.82 Å². The number of piperazine rings is 1. The zero-order valence-corrected chi connectivity index (χ0v) is 17.0. The minimum Gasteiger partial charge on any atom is -0.378 e. The highest BCUT2D eigenvalue weighted by Crippen LogP contribution is 2.36. The molecule has 7 heteroatoms. The largest absolute Gasteiger partial charge is 0.378 e. The molecule has 0 bridgehead atoms. The van der Waals surface area contributed by atoms with Crippen molar-refractivity contribution in [3.8, 4) is 0 Å². The van der Waals surface area contributed by atoms with E-state index in [4.69, 9.17) is 4.74 Å². The Kier molecular flexibility index (Phi) is 5.18. The molecule has 2 aromatic rings. The Labute approximate surface area is 176 Å². The van der Waals surface area contributed by atoms with Crippen LogP contribution in [0.3, 0.4) is 0 Å². The maximum atomic E-state index is 14.1. The number of benzene rings is 2. The number of carbonyl (C=O) groups is 1. The number of amides is 2. The van der Waals surface area contributed by atoms with E-state index in [1.54, 1.807) is 6.07 Å². The molecule has 3 heterocycles. The van der Waals surface area contributed by atoms with Gasteiger partial charge in [-0.2, -0.15) is 0 Å². The van der Waals surface area contributed by atoms with Crippen molar-refractivity contribution in [1.29, 1.82) is 0 Å². The molecular weight excluding hydrogens is 383 g/mol. The summed E-state index contributed by atoms with van der Waals surface area (Å²) in [5, 5.41) is 3.02. The third kappa shape index (κ3) is 3.69. The van der Waals surface area contributed by atoms with Crippen molar-refractivity contribution >= 4 is 11.7 Å². The van der Waals surface area contributed by atoms with E-state index in [0.717, 1.165) is 37.5 Å². The van der Waals surface area contributed by atoms with E-state index in [1.807, 2.05) is 47.4 Å². The number of hydrogen-bond donors (Lipinski definition) is 1. The SMILES string of the molecule is O=C(Nc1ccccc1)N1CC2COCCN2C2(CN(Cc3ccccc3F)C2)C1. The summed E-state index contributed by atoms with van der Waals surface area (Å²) >= 11 is 0. The summed E-state index contributed by atoms with van der Waals surface area (Å²) in [5.74, 6) is -0.157. The van der Waals surface area contributed by atoms with Crippen molar-refractivity contribution in [2.45, 2.75) is 18.1 Å². The van der Waals surface area contributed by atoms with Crippen LogP contribution >= 0.6 is 0 Å². The van der Waals surface area contributed by atoms with Crippen LogP contribution in [0.2, 0.25) is 0 Å². The van der Waals surface area contributed by atoms with E-state index in [-0.39, 0.29) is 23.4 Å². The molecular formula is C23H27FN4O2. The second-order valence-corrected chi connectivity index (χ2v) is 8.56. The molecule has 3 saturated heterocycles. The second kappa shape index (κ2) is 7.98. The van der Waals surface area contributed by atoms with Crippen molar-refractivity contribution in [1.82, 2.24) is 14.7 Å². The van der Waals surface area contributed by atoms with E-state index in [9.17, 15) is 9.18 Å². The molecule has 158 valence electrons. The predicted molar refractivity (Wildman–Crippen MR) is 113 cm³/mol. The summed E-state index contributed by atoms with van der Waals surface area (Å²) < 4.78 is 19.8. The molecule has 0 saturated carbocycles. The molecule has 0 radical (unpaired) electrons. The topological polar surface area (TPSA) is 48.1 Å². The Bertz CT molecular complexity index is 903. The molecule has 2 amide bonds. The Hall–Kier alpha value is -2.48. The Morgan fingerprint density at radius 1 is 1.10 bits per heavy atom. The highest BCUT2D eigenvalue weighted by molar-refractivity contribution is 5.89. The lowest BCUT2D eigenvalue weighted by molar-refractivity contribution is -0.159. The first kappa shape index (κ1) is 19.5. The maximum Gasteiger partial charge on any atom is 0.321 e. The highest BCUT2D eigenvalue weighted by Gasteiger charge is 2.54. The first-order valence-electron chi connectivity index (χ1n) is 10.5. The van der Waals surface area contributed by atoms with E-state index >= 15 is 0 Å². The van der Waals surface area contributed by atoms with Gasteiger partial charge < -0.3 is 15.0 Å². The molecule has 0 aromatic heterocycles. The summed E-state index contributed by atoms with van der Waals surface area (Å²) in [7, 11) is 0. The highest BCUT2D eigenvalue weighted by atomic mass is 19.1. The number of carbonyl (C=O) groups excluding carboxylic acids is 1. The fraction of sp³-hybridized carbons (Fsp3) is 0.435. The van der Waals surface area contributed by atoms with Gasteiger partial charge in [0.2, 0.25) is 0 Å². The van der Waals surface area contributed by atoms with Crippen molar-refractivity contribution in [3.05, 3.63) is 66.0 Å². The van der Waals surface area contributed by atoms with E-state index in [2.05, 4.69) is 15.1 Å². The quantitative estimate of drug-likeness (QED) is 0.845. The number of fused-ring (bicyclic) bond motifs is 2. The van der Waals surface area contributed by atoms with Crippen molar-refractivity contribution < 1.29 is 13.9 Å². The molecule has 3 fully saturated rings. The number of para-hydroxylation sites is 1. The summed E-state index contributed by atoms with van der Waals surface area (Å²) in [4.78, 5) is 19.7. The minimum absolute atomic E-state index is 0.0710. The van der Waals surface area contributed by atoms with Gasteiger partial charge in [-0.3, -0.25) is 9.80 Å². The molecule has 2 aromatic carbocycles. The van der Waals surface area contributed by atoms with Crippen molar-refractivity contribution in [3.63, 3.8) is 0 Å². The fourth-order valence-corrected chi connectivity index (χ4v) is 5.12. The van der Waals surface area contributed by atoms with Gasteiger partial charge in [-0.05, 0) is 18.2 Å². The van der Waals surface area contributed by atoms with Crippen LogP contribution in [0.15, 0.2) is 54.6 Å². The van der Waals surface area contributed by atoms with Gasteiger partial charge in [0.05, 0.1) is 24.8 Å². The monoisotopic (exact) mass is 410 g/mol. The zero-order chi connectivity index (χ0) is 20.6. The van der Waals surface area contributed by atoms with Crippen LogP contribution < -0.4 is 5.32 Å². The number of likely N-dealkylation sites (tertiary alicyclic amines) is 1. The number of urea groups is 1. The third-order valence-electron chi connectivity index (χ3n) is 6.45. The number of anilines is 1.